The van der Waals surface area contributed by atoms with Gasteiger partial charge < -0.3 is 16.0 Å². The number of carbonyl (C=O) groups is 1. The first-order chi connectivity index (χ1) is 11.3. The molecule has 0 saturated carbocycles. The second-order valence-electron chi connectivity index (χ2n) is 6.25. The highest BCUT2D eigenvalue weighted by Gasteiger charge is 2.32. The van der Waals surface area contributed by atoms with Crippen molar-refractivity contribution in [3.8, 4) is 0 Å². The Hall–Kier alpha value is -1.76. The van der Waals surface area contributed by atoms with Gasteiger partial charge in [-0.15, -0.1) is 0 Å². The summed E-state index contributed by atoms with van der Waals surface area (Å²) in [4.78, 5) is 12.5. The van der Waals surface area contributed by atoms with Crippen LogP contribution >= 0.6 is 0 Å². The van der Waals surface area contributed by atoms with E-state index in [0.29, 0.717) is 25.1 Å². The molecule has 24 heavy (non-hydrogen) atoms. The fraction of sp³-hybridized carbons (Fsp3) is 0.588. The maximum atomic E-state index is 13.0. The minimum Gasteiger partial charge on any atom is -0.383 e. The average Bonchev–Trinajstić information content (AvgIpc) is 2.52. The summed E-state index contributed by atoms with van der Waals surface area (Å²) in [5.41, 5.74) is -0.0619. The summed E-state index contributed by atoms with van der Waals surface area (Å²) in [7, 11) is 0. The molecule has 1 aliphatic rings. The Labute approximate surface area is 140 Å². The molecule has 1 aromatic rings. The highest BCUT2D eigenvalue weighted by atomic mass is 19.4. The summed E-state index contributed by atoms with van der Waals surface area (Å²) >= 11 is 0. The van der Waals surface area contributed by atoms with Crippen molar-refractivity contribution in [3.63, 3.8) is 0 Å². The number of carbonyl (C=O) groups excluding carboxylic acids is 1. The van der Waals surface area contributed by atoms with Gasteiger partial charge in [-0.1, -0.05) is 6.92 Å². The lowest BCUT2D eigenvalue weighted by Gasteiger charge is -2.27. The SMILES string of the molecule is CCCNc1ccc(C(F)(F)F)cc1NC(=O)[C@H]1CCN[C@@H](C)C1. The normalized spacial score (nSPS) is 21.4. The number of hydrogen-bond donors (Lipinski definition) is 3. The summed E-state index contributed by atoms with van der Waals surface area (Å²) in [5, 5.41) is 9.02. The zero-order valence-corrected chi connectivity index (χ0v) is 14.0. The number of alkyl halides is 3. The van der Waals surface area contributed by atoms with Crippen LogP contribution in [-0.4, -0.2) is 25.0 Å². The van der Waals surface area contributed by atoms with Crippen LogP contribution < -0.4 is 16.0 Å². The van der Waals surface area contributed by atoms with E-state index in [4.69, 9.17) is 0 Å². The quantitative estimate of drug-likeness (QED) is 0.761. The number of halogens is 3. The molecular formula is C17H24F3N3O. The summed E-state index contributed by atoms with van der Waals surface area (Å²) in [5.74, 6) is -0.406. The van der Waals surface area contributed by atoms with Gasteiger partial charge in [0, 0.05) is 18.5 Å². The van der Waals surface area contributed by atoms with Crippen LogP contribution in [0.25, 0.3) is 0 Å². The molecule has 1 aromatic carbocycles. The van der Waals surface area contributed by atoms with Crippen LogP contribution in [0.15, 0.2) is 18.2 Å². The van der Waals surface area contributed by atoms with Gasteiger partial charge in [0.1, 0.15) is 0 Å². The molecule has 3 N–H and O–H groups in total. The van der Waals surface area contributed by atoms with Crippen molar-refractivity contribution in [3.05, 3.63) is 23.8 Å². The lowest BCUT2D eigenvalue weighted by molar-refractivity contribution is -0.137. The predicted molar refractivity (Wildman–Crippen MR) is 89.0 cm³/mol. The van der Waals surface area contributed by atoms with Crippen LogP contribution in [0.4, 0.5) is 24.5 Å². The summed E-state index contributed by atoms with van der Waals surface area (Å²) in [6.45, 7) is 5.32. The third kappa shape index (κ3) is 4.87. The lowest BCUT2D eigenvalue weighted by atomic mass is 9.92. The topological polar surface area (TPSA) is 53.2 Å². The first-order valence-electron chi connectivity index (χ1n) is 8.30. The number of nitrogens with one attached hydrogen (secondary N) is 3. The predicted octanol–water partition coefficient (Wildman–Crippen LogP) is 3.85. The van der Waals surface area contributed by atoms with E-state index in [0.717, 1.165) is 25.1 Å². The first kappa shape index (κ1) is 18.6. The molecule has 1 saturated heterocycles. The minimum absolute atomic E-state index is 0.185. The van der Waals surface area contributed by atoms with Gasteiger partial charge in [-0.2, -0.15) is 13.2 Å². The summed E-state index contributed by atoms with van der Waals surface area (Å²) in [6, 6.07) is 3.63. The highest BCUT2D eigenvalue weighted by Crippen LogP contribution is 2.34. The molecule has 0 aliphatic carbocycles. The van der Waals surface area contributed by atoms with E-state index < -0.39 is 11.7 Å². The molecule has 1 aliphatic heterocycles. The Balaban J connectivity index is 2.19. The first-order valence-corrected chi connectivity index (χ1v) is 8.30. The Morgan fingerprint density at radius 2 is 2.08 bits per heavy atom. The smallest absolute Gasteiger partial charge is 0.383 e. The average molecular weight is 343 g/mol. The van der Waals surface area contributed by atoms with E-state index in [-0.39, 0.29) is 23.6 Å². The van der Waals surface area contributed by atoms with Crippen molar-refractivity contribution in [1.29, 1.82) is 0 Å². The van der Waals surface area contributed by atoms with Crippen molar-refractivity contribution in [2.24, 2.45) is 5.92 Å². The number of anilines is 2. The molecule has 4 nitrogen and oxygen atoms in total. The van der Waals surface area contributed by atoms with Crippen LogP contribution in [-0.2, 0) is 11.0 Å². The Kier molecular flexibility index (Phi) is 6.10. The zero-order chi connectivity index (χ0) is 17.7. The third-order valence-corrected chi connectivity index (χ3v) is 4.16. The van der Waals surface area contributed by atoms with E-state index in [1.165, 1.54) is 6.07 Å². The van der Waals surface area contributed by atoms with Gasteiger partial charge >= 0.3 is 6.18 Å². The highest BCUT2D eigenvalue weighted by molar-refractivity contribution is 5.96. The largest absolute Gasteiger partial charge is 0.416 e. The van der Waals surface area contributed by atoms with Crippen molar-refractivity contribution >= 4 is 17.3 Å². The van der Waals surface area contributed by atoms with Crippen molar-refractivity contribution in [2.45, 2.75) is 45.3 Å². The van der Waals surface area contributed by atoms with Crippen LogP contribution in [0, 0.1) is 5.92 Å². The molecule has 0 aromatic heterocycles. The van der Waals surface area contributed by atoms with Gasteiger partial charge in [-0.25, -0.2) is 0 Å². The minimum atomic E-state index is -4.44. The van der Waals surface area contributed by atoms with E-state index in [1.807, 2.05) is 13.8 Å². The molecule has 7 heteroatoms. The monoisotopic (exact) mass is 343 g/mol. The fourth-order valence-corrected chi connectivity index (χ4v) is 2.84. The van der Waals surface area contributed by atoms with E-state index >= 15 is 0 Å². The maximum Gasteiger partial charge on any atom is 0.416 e. The second kappa shape index (κ2) is 7.88. The van der Waals surface area contributed by atoms with Crippen LogP contribution in [0.2, 0.25) is 0 Å². The second-order valence-corrected chi connectivity index (χ2v) is 6.25. The fourth-order valence-electron chi connectivity index (χ4n) is 2.84. The number of benzene rings is 1. The van der Waals surface area contributed by atoms with Gasteiger partial charge in [0.05, 0.1) is 16.9 Å². The molecular weight excluding hydrogens is 319 g/mol. The number of rotatable bonds is 5. The molecule has 0 spiro atoms. The van der Waals surface area contributed by atoms with Crippen LogP contribution in [0.1, 0.15) is 38.7 Å². The van der Waals surface area contributed by atoms with Gasteiger partial charge in [0.2, 0.25) is 5.91 Å². The van der Waals surface area contributed by atoms with Gasteiger partial charge in [0.25, 0.3) is 0 Å². The van der Waals surface area contributed by atoms with E-state index in [9.17, 15) is 18.0 Å². The standard InChI is InChI=1S/C17H24F3N3O/c1-3-7-22-14-5-4-13(17(18,19)20)10-15(14)23-16(24)12-6-8-21-11(2)9-12/h4-5,10-12,21-22H,3,6-9H2,1-2H3,(H,23,24)/t11-,12-/m0/s1. The Morgan fingerprint density at radius 3 is 2.71 bits per heavy atom. The van der Waals surface area contributed by atoms with E-state index in [2.05, 4.69) is 16.0 Å². The summed E-state index contributed by atoms with van der Waals surface area (Å²) < 4.78 is 38.9. The molecule has 0 bridgehead atoms. The molecule has 134 valence electrons. The number of amides is 1. The molecule has 2 rings (SSSR count). The molecule has 0 radical (unpaired) electrons. The molecule has 2 atom stereocenters. The number of hydrogen-bond acceptors (Lipinski definition) is 3. The third-order valence-electron chi connectivity index (χ3n) is 4.16. The molecule has 1 amide bonds. The molecule has 1 heterocycles. The zero-order valence-electron chi connectivity index (χ0n) is 14.0. The van der Waals surface area contributed by atoms with Gasteiger partial charge in [-0.3, -0.25) is 4.79 Å². The van der Waals surface area contributed by atoms with Crippen molar-refractivity contribution in [2.75, 3.05) is 23.7 Å². The van der Waals surface area contributed by atoms with Crippen LogP contribution in [0.3, 0.4) is 0 Å². The van der Waals surface area contributed by atoms with Crippen molar-refractivity contribution in [1.82, 2.24) is 5.32 Å². The molecule has 1 fully saturated rings. The van der Waals surface area contributed by atoms with Crippen LogP contribution in [0.5, 0.6) is 0 Å². The Bertz CT molecular complexity index is 575. The maximum absolute atomic E-state index is 13.0. The van der Waals surface area contributed by atoms with Crippen molar-refractivity contribution < 1.29 is 18.0 Å². The Morgan fingerprint density at radius 1 is 1.33 bits per heavy atom. The molecule has 0 unspecified atom stereocenters. The van der Waals surface area contributed by atoms with Gasteiger partial charge in [0.15, 0.2) is 0 Å². The number of piperidine rings is 1. The van der Waals surface area contributed by atoms with Gasteiger partial charge in [-0.05, 0) is 50.9 Å². The van der Waals surface area contributed by atoms with E-state index in [1.54, 1.807) is 0 Å². The lowest BCUT2D eigenvalue weighted by Crippen LogP contribution is -2.40. The summed E-state index contributed by atoms with van der Waals surface area (Å²) in [6.07, 6.45) is -2.23.